The van der Waals surface area contributed by atoms with Gasteiger partial charge in [0.25, 0.3) is 5.89 Å². The minimum atomic E-state index is -0.571. The van der Waals surface area contributed by atoms with Crippen LogP contribution >= 0.6 is 0 Å². The molecule has 0 aliphatic rings. The van der Waals surface area contributed by atoms with Crippen molar-refractivity contribution in [1.82, 2.24) is 10.4 Å². The second-order valence-corrected chi connectivity index (χ2v) is 4.65. The molecule has 0 atom stereocenters. The first-order valence-corrected chi connectivity index (χ1v) is 6.86. The van der Waals surface area contributed by atoms with Crippen molar-refractivity contribution in [2.24, 2.45) is 5.10 Å². The van der Waals surface area contributed by atoms with Crippen LogP contribution in [0.5, 0.6) is 5.75 Å². The molecule has 2 N–H and O–H groups in total. The molecular formula is C17H13N3O3. The molecule has 0 saturated heterocycles. The molecule has 3 aromatic rings. The Morgan fingerprint density at radius 3 is 2.65 bits per heavy atom. The Labute approximate surface area is 132 Å². The van der Waals surface area contributed by atoms with Gasteiger partial charge in [-0.1, -0.05) is 42.5 Å². The van der Waals surface area contributed by atoms with Crippen LogP contribution in [-0.2, 0) is 0 Å². The average Bonchev–Trinajstić information content (AvgIpc) is 3.07. The Morgan fingerprint density at radius 2 is 1.87 bits per heavy atom. The molecule has 0 bridgehead atoms. The number of phenols is 1. The highest BCUT2D eigenvalue weighted by atomic mass is 16.4. The number of hydrogen-bond donors (Lipinski definition) is 2. The SMILES string of the molecule is O=C(NN=Cc1ccccc1O)c1ncc(-c2ccccc2)o1. The van der Waals surface area contributed by atoms with Gasteiger partial charge in [-0.3, -0.25) is 4.79 Å². The van der Waals surface area contributed by atoms with E-state index in [9.17, 15) is 9.90 Å². The number of phenolic OH excluding ortho intramolecular Hbond substituents is 1. The van der Waals surface area contributed by atoms with Crippen LogP contribution in [-0.4, -0.2) is 22.2 Å². The van der Waals surface area contributed by atoms with Crippen molar-refractivity contribution in [3.8, 4) is 17.1 Å². The van der Waals surface area contributed by atoms with Gasteiger partial charge in [0.1, 0.15) is 5.75 Å². The fourth-order valence-electron chi connectivity index (χ4n) is 1.92. The number of nitrogens with one attached hydrogen (secondary N) is 1. The van der Waals surface area contributed by atoms with Gasteiger partial charge in [-0.25, -0.2) is 10.4 Å². The van der Waals surface area contributed by atoms with Crippen LogP contribution in [0, 0.1) is 0 Å². The van der Waals surface area contributed by atoms with Crippen molar-refractivity contribution in [3.63, 3.8) is 0 Å². The Bertz CT molecular complexity index is 841. The van der Waals surface area contributed by atoms with Crippen molar-refractivity contribution in [3.05, 3.63) is 72.2 Å². The fraction of sp³-hybridized carbons (Fsp3) is 0. The summed E-state index contributed by atoms with van der Waals surface area (Å²) >= 11 is 0. The third kappa shape index (κ3) is 3.44. The molecule has 0 aliphatic carbocycles. The minimum Gasteiger partial charge on any atom is -0.507 e. The molecule has 114 valence electrons. The third-order valence-corrected chi connectivity index (χ3v) is 3.06. The molecule has 0 radical (unpaired) electrons. The van der Waals surface area contributed by atoms with Crippen molar-refractivity contribution in [2.45, 2.75) is 0 Å². The lowest BCUT2D eigenvalue weighted by atomic mass is 10.2. The Balaban J connectivity index is 1.68. The monoisotopic (exact) mass is 307 g/mol. The van der Waals surface area contributed by atoms with E-state index in [4.69, 9.17) is 4.42 Å². The highest BCUT2D eigenvalue weighted by Crippen LogP contribution is 2.19. The van der Waals surface area contributed by atoms with Crippen molar-refractivity contribution in [1.29, 1.82) is 0 Å². The average molecular weight is 307 g/mol. The van der Waals surface area contributed by atoms with E-state index in [1.165, 1.54) is 18.5 Å². The second-order valence-electron chi connectivity index (χ2n) is 4.65. The summed E-state index contributed by atoms with van der Waals surface area (Å²) < 4.78 is 5.41. The molecular weight excluding hydrogens is 294 g/mol. The van der Waals surface area contributed by atoms with Crippen molar-refractivity contribution in [2.75, 3.05) is 0 Å². The molecule has 6 nitrogen and oxygen atoms in total. The Kier molecular flexibility index (Phi) is 4.15. The number of carbonyl (C=O) groups excluding carboxylic acids is 1. The second kappa shape index (κ2) is 6.57. The molecule has 1 amide bonds. The van der Waals surface area contributed by atoms with Crippen LogP contribution in [0.4, 0.5) is 0 Å². The van der Waals surface area contributed by atoms with E-state index < -0.39 is 5.91 Å². The summed E-state index contributed by atoms with van der Waals surface area (Å²) in [5.41, 5.74) is 3.62. The van der Waals surface area contributed by atoms with Crippen molar-refractivity contribution >= 4 is 12.1 Å². The van der Waals surface area contributed by atoms with E-state index in [0.29, 0.717) is 11.3 Å². The summed E-state index contributed by atoms with van der Waals surface area (Å²) in [6, 6.07) is 16.0. The highest BCUT2D eigenvalue weighted by molar-refractivity contribution is 5.91. The number of oxazole rings is 1. The number of amides is 1. The zero-order chi connectivity index (χ0) is 16.1. The largest absolute Gasteiger partial charge is 0.507 e. The van der Waals surface area contributed by atoms with E-state index in [1.54, 1.807) is 18.2 Å². The van der Waals surface area contributed by atoms with Gasteiger partial charge in [-0.05, 0) is 12.1 Å². The normalized spacial score (nSPS) is 10.8. The van der Waals surface area contributed by atoms with Gasteiger partial charge in [-0.2, -0.15) is 5.10 Å². The van der Waals surface area contributed by atoms with E-state index >= 15 is 0 Å². The van der Waals surface area contributed by atoms with Gasteiger partial charge < -0.3 is 9.52 Å². The minimum absolute atomic E-state index is 0.0768. The van der Waals surface area contributed by atoms with Crippen LogP contribution < -0.4 is 5.43 Å². The Hall–Kier alpha value is -3.41. The molecule has 0 spiro atoms. The summed E-state index contributed by atoms with van der Waals surface area (Å²) in [6.45, 7) is 0. The predicted molar refractivity (Wildman–Crippen MR) is 85.1 cm³/mol. The van der Waals surface area contributed by atoms with E-state index in [2.05, 4.69) is 15.5 Å². The maximum absolute atomic E-state index is 11.9. The number of benzene rings is 2. The highest BCUT2D eigenvalue weighted by Gasteiger charge is 2.13. The molecule has 6 heteroatoms. The van der Waals surface area contributed by atoms with Gasteiger partial charge in [0.05, 0.1) is 12.4 Å². The number of hydrazone groups is 1. The van der Waals surface area contributed by atoms with Crippen LogP contribution in [0.3, 0.4) is 0 Å². The number of carbonyl (C=O) groups is 1. The molecule has 1 aromatic heterocycles. The topological polar surface area (TPSA) is 87.7 Å². The van der Waals surface area contributed by atoms with Crippen LogP contribution in [0.2, 0.25) is 0 Å². The van der Waals surface area contributed by atoms with Crippen molar-refractivity contribution < 1.29 is 14.3 Å². The fourth-order valence-corrected chi connectivity index (χ4v) is 1.92. The third-order valence-electron chi connectivity index (χ3n) is 3.06. The summed E-state index contributed by atoms with van der Waals surface area (Å²) in [4.78, 5) is 15.9. The summed E-state index contributed by atoms with van der Waals surface area (Å²) in [7, 11) is 0. The number of aromatic hydroxyl groups is 1. The zero-order valence-corrected chi connectivity index (χ0v) is 12.0. The smallest absolute Gasteiger partial charge is 0.327 e. The maximum Gasteiger partial charge on any atom is 0.327 e. The molecule has 2 aromatic carbocycles. The van der Waals surface area contributed by atoms with Crippen LogP contribution in [0.25, 0.3) is 11.3 Å². The lowest BCUT2D eigenvalue weighted by Crippen LogP contribution is -2.17. The number of rotatable bonds is 4. The van der Waals surface area contributed by atoms with Crippen LogP contribution in [0.1, 0.15) is 16.2 Å². The number of para-hydroxylation sites is 1. The summed E-state index contributed by atoms with van der Waals surface area (Å²) in [5.74, 6) is -0.0782. The number of hydrogen-bond acceptors (Lipinski definition) is 5. The van der Waals surface area contributed by atoms with Gasteiger partial charge in [0.15, 0.2) is 5.76 Å². The zero-order valence-electron chi connectivity index (χ0n) is 12.0. The van der Waals surface area contributed by atoms with Gasteiger partial charge in [0, 0.05) is 11.1 Å². The molecule has 1 heterocycles. The lowest BCUT2D eigenvalue weighted by Gasteiger charge is -1.97. The standard InChI is InChI=1S/C17H13N3O3/c21-14-9-5-4-8-13(14)10-19-20-16(22)17-18-11-15(23-17)12-6-2-1-3-7-12/h1-11,21H,(H,20,22). The molecule has 23 heavy (non-hydrogen) atoms. The van der Waals surface area contributed by atoms with Crippen LogP contribution in [0.15, 0.2) is 70.3 Å². The molecule has 0 aliphatic heterocycles. The molecule has 0 unspecified atom stereocenters. The maximum atomic E-state index is 11.9. The van der Waals surface area contributed by atoms with E-state index in [1.807, 2.05) is 30.3 Å². The Morgan fingerprint density at radius 1 is 1.13 bits per heavy atom. The van der Waals surface area contributed by atoms with E-state index in [0.717, 1.165) is 5.56 Å². The summed E-state index contributed by atoms with van der Waals surface area (Å²) in [6.07, 6.45) is 2.82. The molecule has 3 rings (SSSR count). The first kappa shape index (κ1) is 14.5. The van der Waals surface area contributed by atoms with Gasteiger partial charge in [-0.15, -0.1) is 0 Å². The molecule has 0 fully saturated rings. The summed E-state index contributed by atoms with van der Waals surface area (Å²) in [5, 5.41) is 13.4. The predicted octanol–water partition coefficient (Wildman–Crippen LogP) is 2.81. The first-order valence-electron chi connectivity index (χ1n) is 6.86. The lowest BCUT2D eigenvalue weighted by molar-refractivity contribution is 0.0921. The number of aromatic nitrogens is 1. The quantitative estimate of drug-likeness (QED) is 0.573. The first-order chi connectivity index (χ1) is 11.2. The van der Waals surface area contributed by atoms with Gasteiger partial charge in [0.2, 0.25) is 0 Å². The van der Waals surface area contributed by atoms with Gasteiger partial charge >= 0.3 is 5.91 Å². The number of nitrogens with zero attached hydrogens (tertiary/aromatic N) is 2. The molecule has 0 saturated carbocycles. The van der Waals surface area contributed by atoms with E-state index in [-0.39, 0.29) is 11.6 Å².